The first-order valence-corrected chi connectivity index (χ1v) is 32.5. The molecular weight excluding hydrogens is 966 g/mol. The molecule has 10 heteroatoms. The molecule has 0 heterocycles. The standard InChI is InChI=1S/C66H116NO8P/c1-6-8-10-12-14-16-18-20-22-23-24-25-26-27-28-29-30-31-32-33-34-35-36-37-38-39-40-41-42-43-45-47-49-51-53-55-57-59-66(69)75-64(63-74-76(70,71)73-61-60-67(3,4)5)62-72-65(68)58-56-54-52-50-48-46-44-21-19-17-15-13-11-9-7-2/h8,10,14,16,20-22,24-25,27-28,30-31,33-34,44,64H,6-7,9,11-13,15,17-19,23,26,29,32,35-43,45-63H2,1-5H3/p+1/b10-8-,16-14-,22-20-,25-24-,28-27-,31-30-,34-33-,44-21-. The highest BCUT2D eigenvalue weighted by atomic mass is 31.2. The Labute approximate surface area is 468 Å². The Kier molecular flexibility index (Phi) is 54.4. The smallest absolute Gasteiger partial charge is 0.462 e. The van der Waals surface area contributed by atoms with Crippen LogP contribution in [0.5, 0.6) is 0 Å². The Morgan fingerprint density at radius 3 is 1.13 bits per heavy atom. The van der Waals surface area contributed by atoms with Crippen LogP contribution >= 0.6 is 7.82 Å². The summed E-state index contributed by atoms with van der Waals surface area (Å²) in [4.78, 5) is 35.7. The summed E-state index contributed by atoms with van der Waals surface area (Å²) in [5, 5.41) is 0. The van der Waals surface area contributed by atoms with Crippen molar-refractivity contribution in [3.8, 4) is 0 Å². The van der Waals surface area contributed by atoms with Crippen LogP contribution in [0.25, 0.3) is 0 Å². The largest absolute Gasteiger partial charge is 0.472 e. The fraction of sp³-hybridized carbons (Fsp3) is 0.727. The fourth-order valence-corrected chi connectivity index (χ4v) is 9.09. The summed E-state index contributed by atoms with van der Waals surface area (Å²) in [6.07, 6.45) is 77.8. The van der Waals surface area contributed by atoms with Crippen molar-refractivity contribution in [2.45, 2.75) is 264 Å². The Morgan fingerprint density at radius 2 is 0.750 bits per heavy atom. The average molecular weight is 1080 g/mol. The van der Waals surface area contributed by atoms with E-state index in [1.165, 1.54) is 122 Å². The summed E-state index contributed by atoms with van der Waals surface area (Å²) >= 11 is 0. The maximum absolute atomic E-state index is 12.8. The van der Waals surface area contributed by atoms with Crippen LogP contribution < -0.4 is 0 Å². The Hall–Kier alpha value is -3.07. The van der Waals surface area contributed by atoms with Crippen LogP contribution in [-0.2, 0) is 32.7 Å². The van der Waals surface area contributed by atoms with Gasteiger partial charge >= 0.3 is 19.8 Å². The van der Waals surface area contributed by atoms with Gasteiger partial charge in [-0.2, -0.15) is 0 Å². The molecule has 0 aliphatic carbocycles. The molecule has 0 rings (SSSR count). The molecule has 0 bridgehead atoms. The number of quaternary nitrogens is 1. The molecule has 1 N–H and O–H groups in total. The normalized spacial score (nSPS) is 13.9. The number of allylic oxidation sites excluding steroid dienone is 16. The molecule has 0 saturated carbocycles. The molecule has 438 valence electrons. The summed E-state index contributed by atoms with van der Waals surface area (Å²) in [5.41, 5.74) is 0. The van der Waals surface area contributed by atoms with Gasteiger partial charge in [0.15, 0.2) is 6.10 Å². The molecule has 0 aromatic heterocycles. The Bertz CT molecular complexity index is 1600. The molecule has 0 amide bonds. The number of hydrogen-bond acceptors (Lipinski definition) is 7. The van der Waals surface area contributed by atoms with Gasteiger partial charge in [-0.25, -0.2) is 4.57 Å². The SMILES string of the molecule is CC/C=C\C/C=C\C/C=C\C/C=C\C/C=C\C/C=C\C/C=C\CCCCCCCCCCCCCCCCCC(=O)OC(COC(=O)CCCCCCC/C=C\CCCCCCCC)COP(=O)(O)OCC[N+](C)(C)C. The summed E-state index contributed by atoms with van der Waals surface area (Å²) in [5.74, 6) is -0.805. The van der Waals surface area contributed by atoms with E-state index in [1.807, 2.05) is 21.1 Å². The number of esters is 2. The third-order valence-corrected chi connectivity index (χ3v) is 14.1. The summed E-state index contributed by atoms with van der Waals surface area (Å²) < 4.78 is 34.6. The third kappa shape index (κ3) is 60.2. The van der Waals surface area contributed by atoms with E-state index in [9.17, 15) is 19.0 Å². The van der Waals surface area contributed by atoms with E-state index < -0.39 is 26.5 Å². The van der Waals surface area contributed by atoms with E-state index in [4.69, 9.17) is 18.5 Å². The van der Waals surface area contributed by atoms with Crippen LogP contribution in [0.2, 0.25) is 0 Å². The second-order valence-electron chi connectivity index (χ2n) is 21.7. The first-order valence-electron chi connectivity index (χ1n) is 31.0. The predicted molar refractivity (Wildman–Crippen MR) is 325 cm³/mol. The topological polar surface area (TPSA) is 108 Å². The van der Waals surface area contributed by atoms with Crippen LogP contribution in [0.1, 0.15) is 258 Å². The number of carbonyl (C=O) groups is 2. The first kappa shape index (κ1) is 72.9. The third-order valence-electron chi connectivity index (χ3n) is 13.1. The van der Waals surface area contributed by atoms with Crippen molar-refractivity contribution in [2.75, 3.05) is 47.5 Å². The number of unbranched alkanes of at least 4 members (excludes halogenated alkanes) is 26. The lowest BCUT2D eigenvalue weighted by Crippen LogP contribution is -2.37. The molecule has 2 atom stereocenters. The Morgan fingerprint density at radius 1 is 0.421 bits per heavy atom. The lowest BCUT2D eigenvalue weighted by molar-refractivity contribution is -0.870. The van der Waals surface area contributed by atoms with Crippen LogP contribution in [0, 0.1) is 0 Å². The zero-order valence-electron chi connectivity index (χ0n) is 49.7. The maximum Gasteiger partial charge on any atom is 0.472 e. The highest BCUT2D eigenvalue weighted by molar-refractivity contribution is 7.47. The molecule has 0 aliphatic rings. The summed E-state index contributed by atoms with van der Waals surface area (Å²) in [6, 6.07) is 0. The fourth-order valence-electron chi connectivity index (χ4n) is 8.34. The highest BCUT2D eigenvalue weighted by Gasteiger charge is 2.27. The van der Waals surface area contributed by atoms with Gasteiger partial charge in [-0.1, -0.05) is 246 Å². The van der Waals surface area contributed by atoms with Crippen molar-refractivity contribution in [3.05, 3.63) is 97.2 Å². The number of nitrogens with zero attached hydrogens (tertiary/aromatic N) is 1. The molecule has 0 saturated heterocycles. The molecular formula is C66H117NO8P+. The number of carbonyl (C=O) groups excluding carboxylic acids is 2. The quantitative estimate of drug-likeness (QED) is 0.0211. The molecule has 0 fully saturated rings. The second-order valence-corrected chi connectivity index (χ2v) is 23.2. The van der Waals surface area contributed by atoms with E-state index in [0.29, 0.717) is 17.4 Å². The van der Waals surface area contributed by atoms with Crippen molar-refractivity contribution in [1.29, 1.82) is 0 Å². The van der Waals surface area contributed by atoms with Gasteiger partial charge in [0.1, 0.15) is 19.8 Å². The average Bonchev–Trinajstić information content (AvgIpc) is 3.38. The number of ether oxygens (including phenoxy) is 2. The van der Waals surface area contributed by atoms with E-state index in [2.05, 4.69) is 111 Å². The lowest BCUT2D eigenvalue weighted by atomic mass is 10.0. The van der Waals surface area contributed by atoms with Crippen molar-refractivity contribution in [3.63, 3.8) is 0 Å². The zero-order valence-corrected chi connectivity index (χ0v) is 50.6. The van der Waals surface area contributed by atoms with E-state index in [-0.39, 0.29) is 32.0 Å². The van der Waals surface area contributed by atoms with Crippen molar-refractivity contribution >= 4 is 19.8 Å². The maximum atomic E-state index is 12.8. The van der Waals surface area contributed by atoms with Crippen LogP contribution in [0.4, 0.5) is 0 Å². The Balaban J connectivity index is 4.04. The van der Waals surface area contributed by atoms with Crippen LogP contribution in [0.15, 0.2) is 97.2 Å². The molecule has 0 aromatic carbocycles. The zero-order chi connectivity index (χ0) is 55.6. The highest BCUT2D eigenvalue weighted by Crippen LogP contribution is 2.43. The van der Waals surface area contributed by atoms with Crippen LogP contribution in [-0.4, -0.2) is 74.9 Å². The van der Waals surface area contributed by atoms with Gasteiger partial charge < -0.3 is 18.9 Å². The van der Waals surface area contributed by atoms with Gasteiger partial charge in [-0.3, -0.25) is 18.6 Å². The summed E-state index contributed by atoms with van der Waals surface area (Å²) in [7, 11) is 1.47. The monoisotopic (exact) mass is 1080 g/mol. The first-order chi connectivity index (χ1) is 37.0. The van der Waals surface area contributed by atoms with Gasteiger partial charge in [-0.05, 0) is 96.3 Å². The van der Waals surface area contributed by atoms with Gasteiger partial charge in [0.05, 0.1) is 27.7 Å². The van der Waals surface area contributed by atoms with Gasteiger partial charge in [0.25, 0.3) is 0 Å². The lowest BCUT2D eigenvalue weighted by Gasteiger charge is -2.24. The number of phosphoric acid groups is 1. The number of hydrogen-bond donors (Lipinski definition) is 1. The molecule has 0 radical (unpaired) electrons. The minimum absolute atomic E-state index is 0.0281. The molecule has 0 aromatic rings. The van der Waals surface area contributed by atoms with Crippen molar-refractivity contribution < 1.29 is 42.1 Å². The minimum Gasteiger partial charge on any atom is -0.462 e. The minimum atomic E-state index is -4.39. The molecule has 2 unspecified atom stereocenters. The van der Waals surface area contributed by atoms with Crippen molar-refractivity contribution in [1.82, 2.24) is 0 Å². The second kappa shape index (κ2) is 56.6. The number of rotatable bonds is 56. The number of likely N-dealkylation sites (N-methyl/N-ethyl adjacent to an activating group) is 1. The van der Waals surface area contributed by atoms with Crippen molar-refractivity contribution in [2.24, 2.45) is 0 Å². The predicted octanol–water partition coefficient (Wildman–Crippen LogP) is 19.6. The number of phosphoric ester groups is 1. The van der Waals surface area contributed by atoms with Gasteiger partial charge in [0.2, 0.25) is 0 Å². The van der Waals surface area contributed by atoms with Gasteiger partial charge in [0, 0.05) is 12.8 Å². The van der Waals surface area contributed by atoms with Crippen LogP contribution in [0.3, 0.4) is 0 Å². The molecule has 0 aliphatic heterocycles. The molecule has 9 nitrogen and oxygen atoms in total. The van der Waals surface area contributed by atoms with E-state index >= 15 is 0 Å². The van der Waals surface area contributed by atoms with E-state index in [1.54, 1.807) is 0 Å². The summed E-state index contributed by atoms with van der Waals surface area (Å²) in [6.45, 7) is 4.31. The van der Waals surface area contributed by atoms with E-state index in [0.717, 1.165) is 103 Å². The molecule has 76 heavy (non-hydrogen) atoms. The molecule has 0 spiro atoms. The van der Waals surface area contributed by atoms with Gasteiger partial charge in [-0.15, -0.1) is 0 Å².